The van der Waals surface area contributed by atoms with Crippen molar-refractivity contribution in [1.29, 1.82) is 0 Å². The van der Waals surface area contributed by atoms with E-state index in [1.165, 1.54) is 39.5 Å². The van der Waals surface area contributed by atoms with Crippen molar-refractivity contribution in [2.45, 2.75) is 0 Å². The number of carbonyl (C=O) groups excluding carboxylic acids is 1. The number of nitrogens with zero attached hydrogens (tertiary/aromatic N) is 3. The molecule has 124 valence electrons. The van der Waals surface area contributed by atoms with Gasteiger partial charge < -0.3 is 10.1 Å². The molecule has 0 saturated carbocycles. The first-order valence-electron chi connectivity index (χ1n) is 7.15. The monoisotopic (exact) mass is 370 g/mol. The van der Waals surface area contributed by atoms with Gasteiger partial charge in [0.05, 0.1) is 5.56 Å². The lowest BCUT2D eigenvalue weighted by molar-refractivity contribution is 0.102. The number of thiophene rings is 1. The molecule has 0 unspecified atom stereocenters. The number of amides is 1. The lowest BCUT2D eigenvalue weighted by Gasteiger charge is -2.05. The molecular formula is C16H10N4O3S2. The van der Waals surface area contributed by atoms with Gasteiger partial charge in [-0.3, -0.25) is 9.59 Å². The highest BCUT2D eigenvalue weighted by molar-refractivity contribution is 7.18. The number of carbonyl (C=O) groups is 1. The molecule has 25 heavy (non-hydrogen) atoms. The molecule has 0 aliphatic heterocycles. The van der Waals surface area contributed by atoms with Crippen molar-refractivity contribution in [2.24, 2.45) is 0 Å². The molecule has 1 N–H and O–H groups in total. The maximum Gasteiger partial charge on any atom is 0.299 e. The molecule has 4 rings (SSSR count). The number of aromatic nitrogens is 3. The summed E-state index contributed by atoms with van der Waals surface area (Å²) in [6.07, 6.45) is 1.44. The molecule has 0 aliphatic rings. The summed E-state index contributed by atoms with van der Waals surface area (Å²) in [4.78, 5) is 28.2. The fourth-order valence-electron chi connectivity index (χ4n) is 2.07. The molecule has 0 radical (unpaired) electrons. The van der Waals surface area contributed by atoms with E-state index in [0.29, 0.717) is 27.2 Å². The Kier molecular flexibility index (Phi) is 4.00. The summed E-state index contributed by atoms with van der Waals surface area (Å²) >= 11 is 2.64. The summed E-state index contributed by atoms with van der Waals surface area (Å²) < 4.78 is 6.84. The van der Waals surface area contributed by atoms with E-state index < -0.39 is 0 Å². The van der Waals surface area contributed by atoms with E-state index in [1.807, 2.05) is 5.38 Å². The summed E-state index contributed by atoms with van der Waals surface area (Å²) in [5.41, 5.74) is 1.02. The molecular weight excluding hydrogens is 360 g/mol. The van der Waals surface area contributed by atoms with E-state index in [-0.39, 0.29) is 11.5 Å². The fourth-order valence-corrected chi connectivity index (χ4v) is 3.45. The van der Waals surface area contributed by atoms with Crippen LogP contribution in [0.4, 0.5) is 5.69 Å². The number of hydrogen-bond donors (Lipinski definition) is 1. The van der Waals surface area contributed by atoms with Crippen LogP contribution >= 0.6 is 22.7 Å². The van der Waals surface area contributed by atoms with Gasteiger partial charge in [-0.05, 0) is 47.0 Å². The van der Waals surface area contributed by atoms with Crippen LogP contribution in [0.3, 0.4) is 0 Å². The molecule has 4 aromatic rings. The first-order valence-corrected chi connectivity index (χ1v) is 8.91. The van der Waals surface area contributed by atoms with Crippen LogP contribution in [0, 0.1) is 0 Å². The molecule has 0 atom stereocenters. The summed E-state index contributed by atoms with van der Waals surface area (Å²) in [7, 11) is 0. The smallest absolute Gasteiger partial charge is 0.299 e. The Bertz CT molecular complexity index is 1080. The van der Waals surface area contributed by atoms with Gasteiger partial charge in [-0.1, -0.05) is 0 Å². The Hall–Kier alpha value is -3.04. The molecule has 7 nitrogen and oxygen atoms in total. The maximum absolute atomic E-state index is 12.0. The van der Waals surface area contributed by atoms with Gasteiger partial charge in [0.1, 0.15) is 5.75 Å². The van der Waals surface area contributed by atoms with Crippen molar-refractivity contribution in [3.8, 4) is 10.9 Å². The van der Waals surface area contributed by atoms with Crippen molar-refractivity contribution in [2.75, 3.05) is 5.32 Å². The minimum Gasteiger partial charge on any atom is -0.430 e. The number of hydrogen-bond acceptors (Lipinski definition) is 7. The topological polar surface area (TPSA) is 85.6 Å². The average Bonchev–Trinajstić information content (AvgIpc) is 3.27. The Morgan fingerprint density at radius 3 is 2.72 bits per heavy atom. The van der Waals surface area contributed by atoms with Crippen LogP contribution in [-0.4, -0.2) is 20.5 Å². The molecule has 0 spiro atoms. The quantitative estimate of drug-likeness (QED) is 0.596. The van der Waals surface area contributed by atoms with Crippen LogP contribution in [0.2, 0.25) is 0 Å². The van der Waals surface area contributed by atoms with Gasteiger partial charge in [0.15, 0.2) is 0 Å². The molecule has 0 aliphatic carbocycles. The third-order valence-corrected chi connectivity index (χ3v) is 4.74. The van der Waals surface area contributed by atoms with Crippen LogP contribution < -0.4 is 15.6 Å². The van der Waals surface area contributed by atoms with Gasteiger partial charge in [-0.25, -0.2) is 4.98 Å². The Morgan fingerprint density at radius 1 is 1.16 bits per heavy atom. The van der Waals surface area contributed by atoms with Gasteiger partial charge in [-0.2, -0.15) is 15.9 Å². The molecule has 3 heterocycles. The van der Waals surface area contributed by atoms with Gasteiger partial charge in [-0.15, -0.1) is 5.10 Å². The summed E-state index contributed by atoms with van der Waals surface area (Å²) in [5, 5.41) is 10.8. The van der Waals surface area contributed by atoms with Crippen LogP contribution in [0.25, 0.3) is 4.96 Å². The average molecular weight is 370 g/mol. The number of benzene rings is 1. The van der Waals surface area contributed by atoms with Gasteiger partial charge in [0.25, 0.3) is 16.7 Å². The SMILES string of the molecule is O=C(Nc1ccc(Oc2nn3c(=O)ccnc3s2)cc1)c1ccsc1. The molecule has 9 heteroatoms. The van der Waals surface area contributed by atoms with Crippen LogP contribution in [0.5, 0.6) is 10.9 Å². The zero-order valence-corrected chi connectivity index (χ0v) is 14.2. The fraction of sp³-hybridized carbons (Fsp3) is 0. The largest absolute Gasteiger partial charge is 0.430 e. The Balaban J connectivity index is 1.49. The number of fused-ring (bicyclic) bond motifs is 1. The second-order valence-electron chi connectivity index (χ2n) is 4.94. The minimum absolute atomic E-state index is 0.161. The molecule has 0 fully saturated rings. The lowest BCUT2D eigenvalue weighted by atomic mass is 10.2. The third-order valence-electron chi connectivity index (χ3n) is 3.25. The highest BCUT2D eigenvalue weighted by Crippen LogP contribution is 2.26. The maximum atomic E-state index is 12.0. The zero-order valence-electron chi connectivity index (χ0n) is 12.6. The zero-order chi connectivity index (χ0) is 17.2. The highest BCUT2D eigenvalue weighted by atomic mass is 32.1. The number of anilines is 1. The van der Waals surface area contributed by atoms with Crippen LogP contribution in [0.15, 0.2) is 58.1 Å². The number of ether oxygens (including phenoxy) is 1. The predicted molar refractivity (Wildman–Crippen MR) is 95.9 cm³/mol. The second kappa shape index (κ2) is 6.46. The minimum atomic E-state index is -0.261. The van der Waals surface area contributed by atoms with Gasteiger partial charge in [0, 0.05) is 23.3 Å². The Morgan fingerprint density at radius 2 is 2.00 bits per heavy atom. The molecule has 0 saturated heterocycles. The highest BCUT2D eigenvalue weighted by Gasteiger charge is 2.09. The van der Waals surface area contributed by atoms with Crippen molar-refractivity contribution >= 4 is 39.2 Å². The van der Waals surface area contributed by atoms with Crippen molar-refractivity contribution in [3.63, 3.8) is 0 Å². The van der Waals surface area contributed by atoms with Gasteiger partial charge >= 0.3 is 0 Å². The second-order valence-corrected chi connectivity index (χ2v) is 6.64. The number of rotatable bonds is 4. The summed E-state index contributed by atoms with van der Waals surface area (Å²) in [5.74, 6) is 0.382. The van der Waals surface area contributed by atoms with Crippen molar-refractivity contribution in [1.82, 2.24) is 14.6 Å². The molecule has 3 aromatic heterocycles. The lowest BCUT2D eigenvalue weighted by Crippen LogP contribution is -2.12. The van der Waals surface area contributed by atoms with Crippen LogP contribution in [0.1, 0.15) is 10.4 Å². The molecule has 0 bridgehead atoms. The van der Waals surface area contributed by atoms with E-state index in [1.54, 1.807) is 35.7 Å². The van der Waals surface area contributed by atoms with E-state index in [9.17, 15) is 9.59 Å². The first kappa shape index (κ1) is 15.5. The third kappa shape index (κ3) is 3.28. The van der Waals surface area contributed by atoms with E-state index in [0.717, 1.165) is 0 Å². The first-order chi connectivity index (χ1) is 12.2. The number of nitrogens with one attached hydrogen (secondary N) is 1. The van der Waals surface area contributed by atoms with E-state index >= 15 is 0 Å². The van der Waals surface area contributed by atoms with Crippen LogP contribution in [-0.2, 0) is 0 Å². The summed E-state index contributed by atoms with van der Waals surface area (Å²) in [6, 6.07) is 9.99. The van der Waals surface area contributed by atoms with Crippen molar-refractivity contribution < 1.29 is 9.53 Å². The van der Waals surface area contributed by atoms with Gasteiger partial charge in [0.2, 0.25) is 4.96 Å². The van der Waals surface area contributed by atoms with E-state index in [2.05, 4.69) is 15.4 Å². The van der Waals surface area contributed by atoms with E-state index in [4.69, 9.17) is 4.74 Å². The summed E-state index contributed by atoms with van der Waals surface area (Å²) in [6.45, 7) is 0. The predicted octanol–water partition coefficient (Wildman–Crippen LogP) is 3.26. The molecule has 1 amide bonds. The van der Waals surface area contributed by atoms with Crippen molar-refractivity contribution in [3.05, 3.63) is 69.3 Å². The standard InChI is InChI=1S/C16H10N4O3S2/c21-13-5-7-17-15-20(13)19-16(25-15)23-12-3-1-11(2-4-12)18-14(22)10-6-8-24-9-10/h1-9H,(H,18,22). The Labute approximate surface area is 149 Å². The molecule has 1 aromatic carbocycles. The normalized spacial score (nSPS) is 10.7.